The minimum atomic E-state index is -0.199. The highest BCUT2D eigenvalue weighted by atomic mass is 16.2. The number of fused-ring (bicyclic) bond motifs is 1. The van der Waals surface area contributed by atoms with E-state index >= 15 is 0 Å². The molecule has 0 saturated carbocycles. The molecule has 0 bridgehead atoms. The summed E-state index contributed by atoms with van der Waals surface area (Å²) in [7, 11) is 0. The average Bonchev–Trinajstić information content (AvgIpc) is 2.88. The third kappa shape index (κ3) is 3.50. The molecule has 3 aromatic rings. The number of aryl methyl sites for hydroxylation is 2. The molecular weight excluding hydrogens is 314 g/mol. The van der Waals surface area contributed by atoms with Crippen molar-refractivity contribution >= 4 is 22.6 Å². The summed E-state index contributed by atoms with van der Waals surface area (Å²) >= 11 is 0. The quantitative estimate of drug-likeness (QED) is 0.749. The van der Waals surface area contributed by atoms with Crippen molar-refractivity contribution in [1.82, 2.24) is 9.13 Å². The maximum atomic E-state index is 12.7. The van der Waals surface area contributed by atoms with E-state index in [1.807, 2.05) is 55.5 Å². The van der Waals surface area contributed by atoms with E-state index < -0.39 is 0 Å². The van der Waals surface area contributed by atoms with Gasteiger partial charge in [-0.05, 0) is 42.7 Å². The number of nitrogens with zero attached hydrogens (tertiary/aromatic N) is 2. The molecule has 0 unspecified atom stereocenters. The normalized spacial score (nSPS) is 11.0. The van der Waals surface area contributed by atoms with Gasteiger partial charge in [0.2, 0.25) is 5.91 Å². The van der Waals surface area contributed by atoms with E-state index in [9.17, 15) is 9.59 Å². The second kappa shape index (κ2) is 7.38. The number of carbonyl (C=O) groups is 1. The highest BCUT2D eigenvalue weighted by Gasteiger charge is 2.14. The van der Waals surface area contributed by atoms with Gasteiger partial charge >= 0.3 is 5.69 Å². The van der Waals surface area contributed by atoms with Crippen molar-refractivity contribution < 1.29 is 4.79 Å². The van der Waals surface area contributed by atoms with E-state index in [2.05, 4.69) is 12.2 Å². The molecule has 1 N–H and O–H groups in total. The van der Waals surface area contributed by atoms with Gasteiger partial charge in [-0.15, -0.1) is 0 Å². The van der Waals surface area contributed by atoms with Gasteiger partial charge in [0.25, 0.3) is 0 Å². The Bertz CT molecular complexity index is 953. The Labute approximate surface area is 146 Å². The summed E-state index contributed by atoms with van der Waals surface area (Å²) < 4.78 is 3.28. The highest BCUT2D eigenvalue weighted by Crippen LogP contribution is 2.14. The van der Waals surface area contributed by atoms with Crippen LogP contribution in [-0.4, -0.2) is 15.0 Å². The molecule has 0 atom stereocenters. The maximum absolute atomic E-state index is 12.7. The van der Waals surface area contributed by atoms with Gasteiger partial charge in [-0.3, -0.25) is 13.9 Å². The zero-order valence-electron chi connectivity index (χ0n) is 14.7. The van der Waals surface area contributed by atoms with Crippen molar-refractivity contribution in [1.29, 1.82) is 0 Å². The van der Waals surface area contributed by atoms with E-state index in [1.54, 1.807) is 9.13 Å². The predicted octanol–water partition coefficient (Wildman–Crippen LogP) is 3.41. The minimum Gasteiger partial charge on any atom is -0.325 e. The van der Waals surface area contributed by atoms with Gasteiger partial charge in [0.05, 0.1) is 11.0 Å². The molecule has 2 aromatic carbocycles. The second-order valence-electron chi connectivity index (χ2n) is 6.11. The Morgan fingerprint density at radius 1 is 1.00 bits per heavy atom. The Morgan fingerprint density at radius 2 is 1.72 bits per heavy atom. The summed E-state index contributed by atoms with van der Waals surface area (Å²) in [5, 5.41) is 2.89. The number of anilines is 1. The molecule has 1 amide bonds. The van der Waals surface area contributed by atoms with Crippen LogP contribution in [0.2, 0.25) is 0 Å². The fourth-order valence-corrected chi connectivity index (χ4v) is 3.08. The van der Waals surface area contributed by atoms with Crippen LogP contribution >= 0.6 is 0 Å². The predicted molar refractivity (Wildman–Crippen MR) is 101 cm³/mol. The van der Waals surface area contributed by atoms with E-state index in [-0.39, 0.29) is 18.1 Å². The number of benzene rings is 2. The van der Waals surface area contributed by atoms with Gasteiger partial charge in [-0.25, -0.2) is 4.79 Å². The Balaban J connectivity index is 1.88. The first-order valence-electron chi connectivity index (χ1n) is 8.71. The lowest BCUT2D eigenvalue weighted by atomic mass is 10.1. The highest BCUT2D eigenvalue weighted by molar-refractivity contribution is 5.91. The van der Waals surface area contributed by atoms with Crippen molar-refractivity contribution in [2.75, 3.05) is 5.32 Å². The Kier molecular flexibility index (Phi) is 5.03. The van der Waals surface area contributed by atoms with Gasteiger partial charge in [0, 0.05) is 12.2 Å². The lowest BCUT2D eigenvalue weighted by Crippen LogP contribution is -2.29. The van der Waals surface area contributed by atoms with Crippen LogP contribution in [0.1, 0.15) is 25.8 Å². The second-order valence-corrected chi connectivity index (χ2v) is 6.11. The molecule has 0 radical (unpaired) electrons. The van der Waals surface area contributed by atoms with E-state index in [0.29, 0.717) is 6.54 Å². The number of nitrogens with one attached hydrogen (secondary N) is 1. The van der Waals surface area contributed by atoms with Gasteiger partial charge in [0.15, 0.2) is 0 Å². The Morgan fingerprint density at radius 3 is 2.40 bits per heavy atom. The average molecular weight is 337 g/mol. The monoisotopic (exact) mass is 337 g/mol. The number of imidazole rings is 1. The molecule has 5 nitrogen and oxygen atoms in total. The number of aromatic nitrogens is 2. The molecule has 1 aromatic heterocycles. The zero-order valence-corrected chi connectivity index (χ0v) is 14.7. The molecule has 0 aliphatic heterocycles. The van der Waals surface area contributed by atoms with E-state index in [0.717, 1.165) is 35.1 Å². The SMILES string of the molecule is CCCn1c(=O)n(CC(=O)Nc2cccc(CC)c2)c2ccccc21. The number of para-hydroxylation sites is 2. The van der Waals surface area contributed by atoms with Gasteiger partial charge in [-0.1, -0.05) is 38.1 Å². The van der Waals surface area contributed by atoms with Crippen LogP contribution in [0.5, 0.6) is 0 Å². The molecule has 0 saturated heterocycles. The molecule has 0 fully saturated rings. The topological polar surface area (TPSA) is 56.0 Å². The summed E-state index contributed by atoms with van der Waals surface area (Å²) in [6.07, 6.45) is 1.78. The van der Waals surface area contributed by atoms with Crippen molar-refractivity contribution in [2.45, 2.75) is 39.8 Å². The van der Waals surface area contributed by atoms with Gasteiger partial charge in [-0.2, -0.15) is 0 Å². The van der Waals surface area contributed by atoms with Crippen molar-refractivity contribution in [3.8, 4) is 0 Å². The van der Waals surface area contributed by atoms with Gasteiger partial charge < -0.3 is 5.32 Å². The van der Waals surface area contributed by atoms with E-state index in [1.165, 1.54) is 0 Å². The molecule has 0 aliphatic rings. The van der Waals surface area contributed by atoms with Crippen molar-refractivity contribution in [3.63, 3.8) is 0 Å². The molecule has 5 heteroatoms. The van der Waals surface area contributed by atoms with Crippen LogP contribution in [0.25, 0.3) is 11.0 Å². The third-order valence-electron chi connectivity index (χ3n) is 4.29. The standard InChI is InChI=1S/C20H23N3O2/c1-3-12-22-17-10-5-6-11-18(17)23(20(22)25)14-19(24)21-16-9-7-8-15(4-2)13-16/h5-11,13H,3-4,12,14H2,1-2H3,(H,21,24). The smallest absolute Gasteiger partial charge is 0.325 e. The largest absolute Gasteiger partial charge is 0.329 e. The Hall–Kier alpha value is -2.82. The number of amides is 1. The fourth-order valence-electron chi connectivity index (χ4n) is 3.08. The first kappa shape index (κ1) is 17.0. The summed E-state index contributed by atoms with van der Waals surface area (Å²) in [6, 6.07) is 15.4. The van der Waals surface area contributed by atoms with Crippen molar-refractivity contribution in [2.24, 2.45) is 0 Å². The molecule has 130 valence electrons. The number of carbonyl (C=O) groups excluding carboxylic acids is 1. The third-order valence-corrected chi connectivity index (χ3v) is 4.29. The van der Waals surface area contributed by atoms with Crippen LogP contribution < -0.4 is 11.0 Å². The van der Waals surface area contributed by atoms with Crippen molar-refractivity contribution in [3.05, 3.63) is 64.6 Å². The number of hydrogen-bond donors (Lipinski definition) is 1. The molecule has 0 aliphatic carbocycles. The molecule has 25 heavy (non-hydrogen) atoms. The zero-order chi connectivity index (χ0) is 17.8. The summed E-state index contributed by atoms with van der Waals surface area (Å²) in [4.78, 5) is 25.2. The molecule has 1 heterocycles. The summed E-state index contributed by atoms with van der Waals surface area (Å²) in [5.41, 5.74) is 3.44. The molecule has 0 spiro atoms. The number of rotatable bonds is 6. The van der Waals surface area contributed by atoms with Crippen LogP contribution in [0.4, 0.5) is 5.69 Å². The van der Waals surface area contributed by atoms with Crippen LogP contribution in [0, 0.1) is 0 Å². The van der Waals surface area contributed by atoms with E-state index in [4.69, 9.17) is 0 Å². The lowest BCUT2D eigenvalue weighted by molar-refractivity contribution is -0.116. The van der Waals surface area contributed by atoms with Gasteiger partial charge in [0.1, 0.15) is 6.54 Å². The minimum absolute atomic E-state index is 0.00636. The molecule has 3 rings (SSSR count). The number of hydrogen-bond acceptors (Lipinski definition) is 2. The first-order valence-corrected chi connectivity index (χ1v) is 8.71. The summed E-state index contributed by atoms with van der Waals surface area (Å²) in [5.74, 6) is -0.199. The van der Waals surface area contributed by atoms with Crippen LogP contribution in [0.15, 0.2) is 53.3 Å². The van der Waals surface area contributed by atoms with Crippen LogP contribution in [0.3, 0.4) is 0 Å². The first-order chi connectivity index (χ1) is 12.1. The lowest BCUT2D eigenvalue weighted by Gasteiger charge is -2.07. The summed E-state index contributed by atoms with van der Waals surface area (Å²) in [6.45, 7) is 4.76. The fraction of sp³-hybridized carbons (Fsp3) is 0.300. The molecular formula is C20H23N3O2. The van der Waals surface area contributed by atoms with Crippen LogP contribution in [-0.2, 0) is 24.3 Å². The maximum Gasteiger partial charge on any atom is 0.329 e.